The first-order valence-electron chi connectivity index (χ1n) is 7.02. The smallest absolute Gasteiger partial charge is 0.352 e. The van der Waals surface area contributed by atoms with Crippen LogP contribution in [0.4, 0.5) is 0 Å². The molecule has 1 heterocycles. The third-order valence-electron chi connectivity index (χ3n) is 3.08. The zero-order valence-electron chi connectivity index (χ0n) is 12.9. The lowest BCUT2D eigenvalue weighted by atomic mass is 10.2. The molecule has 0 aliphatic carbocycles. The maximum Gasteiger partial charge on any atom is 0.352 e. The van der Waals surface area contributed by atoms with E-state index in [9.17, 15) is 9.59 Å². The van der Waals surface area contributed by atoms with Crippen LogP contribution in [0.3, 0.4) is 0 Å². The number of hydrogen-bond donors (Lipinski definition) is 1. The molecule has 7 nitrogen and oxygen atoms in total. The molecule has 0 saturated heterocycles. The van der Waals surface area contributed by atoms with Crippen LogP contribution in [0.5, 0.6) is 5.75 Å². The van der Waals surface area contributed by atoms with E-state index in [-0.39, 0.29) is 12.5 Å². The van der Waals surface area contributed by atoms with Gasteiger partial charge in [0.05, 0.1) is 12.8 Å². The second kappa shape index (κ2) is 8.23. The van der Waals surface area contributed by atoms with E-state index in [4.69, 9.17) is 9.47 Å². The van der Waals surface area contributed by atoms with Crippen LogP contribution in [0, 0.1) is 0 Å². The number of aromatic nitrogens is 2. The molecule has 0 aliphatic rings. The molecule has 1 aromatic carbocycles. The lowest BCUT2D eigenvalue weighted by Gasteiger charge is -2.09. The van der Waals surface area contributed by atoms with E-state index in [1.165, 1.54) is 0 Å². The molecule has 1 N–H and O–H groups in total. The van der Waals surface area contributed by atoms with Gasteiger partial charge < -0.3 is 14.8 Å². The maximum absolute atomic E-state index is 11.9. The second-order valence-corrected chi connectivity index (χ2v) is 5.32. The van der Waals surface area contributed by atoms with Crippen molar-refractivity contribution in [1.82, 2.24) is 14.9 Å². The second-order valence-electron chi connectivity index (χ2n) is 4.57. The largest absolute Gasteiger partial charge is 0.496 e. The van der Waals surface area contributed by atoms with Crippen LogP contribution in [0.1, 0.15) is 27.9 Å². The van der Waals surface area contributed by atoms with Crippen LogP contribution in [-0.2, 0) is 22.5 Å². The molecule has 0 radical (unpaired) electrons. The summed E-state index contributed by atoms with van der Waals surface area (Å²) in [6.07, 6.45) is 0.584. The van der Waals surface area contributed by atoms with Gasteiger partial charge in [0, 0.05) is 12.1 Å². The molecule has 2 aromatic rings. The summed E-state index contributed by atoms with van der Waals surface area (Å²) in [5, 5.41) is 6.51. The van der Waals surface area contributed by atoms with Crippen LogP contribution >= 0.6 is 11.5 Å². The molecule has 8 heteroatoms. The van der Waals surface area contributed by atoms with Gasteiger partial charge in [0.2, 0.25) is 0 Å². The van der Waals surface area contributed by atoms with Crippen LogP contribution in [0.25, 0.3) is 0 Å². The van der Waals surface area contributed by atoms with Crippen molar-refractivity contribution >= 4 is 23.4 Å². The minimum atomic E-state index is -0.579. The highest BCUT2D eigenvalue weighted by molar-refractivity contribution is 7.07. The average Bonchev–Trinajstić information content (AvgIpc) is 3.06. The van der Waals surface area contributed by atoms with Gasteiger partial charge in [-0.2, -0.15) is 0 Å². The van der Waals surface area contributed by atoms with Crippen LogP contribution in [0.15, 0.2) is 24.3 Å². The summed E-state index contributed by atoms with van der Waals surface area (Å²) in [5.74, 6) is -0.280. The number of nitrogens with one attached hydrogen (secondary N) is 1. The molecule has 122 valence electrons. The molecule has 0 fully saturated rings. The highest BCUT2D eigenvalue weighted by Gasteiger charge is 2.17. The number of nitrogens with zero attached hydrogens (tertiary/aromatic N) is 2. The number of ether oxygens (including phenoxy) is 2. The van der Waals surface area contributed by atoms with Crippen LogP contribution in [-0.4, -0.2) is 35.2 Å². The van der Waals surface area contributed by atoms with E-state index >= 15 is 0 Å². The predicted octanol–water partition coefficient (Wildman–Crippen LogP) is 1.58. The van der Waals surface area contributed by atoms with E-state index in [0.717, 1.165) is 17.1 Å². The number of aryl methyl sites for hydroxylation is 1. The van der Waals surface area contributed by atoms with Gasteiger partial charge in [-0.15, -0.1) is 5.10 Å². The summed E-state index contributed by atoms with van der Waals surface area (Å²) in [7, 11) is 1.57. The Bertz CT molecular complexity index is 687. The number of carbonyl (C=O) groups is 2. The third kappa shape index (κ3) is 4.49. The average molecular weight is 335 g/mol. The zero-order valence-corrected chi connectivity index (χ0v) is 13.7. The monoisotopic (exact) mass is 335 g/mol. The first-order chi connectivity index (χ1) is 11.2. The van der Waals surface area contributed by atoms with Crippen molar-refractivity contribution in [3.05, 3.63) is 40.4 Å². The van der Waals surface area contributed by atoms with Crippen molar-refractivity contribution in [2.24, 2.45) is 0 Å². The fourth-order valence-corrected chi connectivity index (χ4v) is 2.53. The molecule has 0 bridgehead atoms. The number of benzene rings is 1. The van der Waals surface area contributed by atoms with Gasteiger partial charge in [0.1, 0.15) is 5.75 Å². The van der Waals surface area contributed by atoms with E-state index in [0.29, 0.717) is 29.3 Å². The molecular formula is C15H17N3O4S. The highest BCUT2D eigenvalue weighted by atomic mass is 32.1. The predicted molar refractivity (Wildman–Crippen MR) is 84.4 cm³/mol. The molecule has 0 unspecified atom stereocenters. The fraction of sp³-hybridized carbons (Fsp3) is 0.333. The number of rotatable bonds is 7. The SMILES string of the molecule is CCc1nnsc1C(=O)OCC(=O)NCc1ccccc1OC. The zero-order chi connectivity index (χ0) is 16.7. The summed E-state index contributed by atoms with van der Waals surface area (Å²) in [6, 6.07) is 7.36. The van der Waals surface area contributed by atoms with E-state index in [2.05, 4.69) is 14.9 Å². The van der Waals surface area contributed by atoms with E-state index in [1.54, 1.807) is 7.11 Å². The number of hydrogen-bond acceptors (Lipinski definition) is 7. The molecule has 2 rings (SSSR count). The lowest BCUT2D eigenvalue weighted by Crippen LogP contribution is -2.28. The summed E-state index contributed by atoms with van der Waals surface area (Å²) in [6.45, 7) is 1.81. The molecule has 0 atom stereocenters. The van der Waals surface area contributed by atoms with Gasteiger partial charge in [-0.3, -0.25) is 4.79 Å². The minimum absolute atomic E-state index is 0.294. The molecule has 1 aromatic heterocycles. The van der Waals surface area contributed by atoms with Gasteiger partial charge in [-0.05, 0) is 24.0 Å². The Morgan fingerprint density at radius 3 is 2.83 bits per heavy atom. The lowest BCUT2D eigenvalue weighted by molar-refractivity contribution is -0.124. The van der Waals surface area contributed by atoms with Crippen molar-refractivity contribution in [1.29, 1.82) is 0 Å². The Kier molecular flexibility index (Phi) is 6.04. The Morgan fingerprint density at radius 2 is 2.09 bits per heavy atom. The first-order valence-corrected chi connectivity index (χ1v) is 7.80. The van der Waals surface area contributed by atoms with Crippen molar-refractivity contribution in [2.45, 2.75) is 19.9 Å². The third-order valence-corrected chi connectivity index (χ3v) is 3.83. The van der Waals surface area contributed by atoms with E-state index < -0.39 is 5.97 Å². The van der Waals surface area contributed by atoms with E-state index in [1.807, 2.05) is 31.2 Å². The van der Waals surface area contributed by atoms with Gasteiger partial charge in [0.25, 0.3) is 5.91 Å². The molecule has 0 aliphatic heterocycles. The summed E-state index contributed by atoms with van der Waals surface area (Å²) >= 11 is 0.965. The molecule has 1 amide bonds. The molecule has 23 heavy (non-hydrogen) atoms. The standard InChI is InChI=1S/C15H17N3O4S/c1-3-11-14(23-18-17-11)15(20)22-9-13(19)16-8-10-6-4-5-7-12(10)21-2/h4-7H,3,8-9H2,1-2H3,(H,16,19). The number of carbonyl (C=O) groups excluding carboxylic acids is 2. The minimum Gasteiger partial charge on any atom is -0.496 e. The Balaban J connectivity index is 1.82. The topological polar surface area (TPSA) is 90.4 Å². The summed E-state index contributed by atoms with van der Waals surface area (Å²) in [5.41, 5.74) is 1.42. The molecule has 0 saturated carbocycles. The normalized spacial score (nSPS) is 10.2. The number of amides is 1. The number of para-hydroxylation sites is 1. The van der Waals surface area contributed by atoms with Crippen molar-refractivity contribution in [3.63, 3.8) is 0 Å². The summed E-state index contributed by atoms with van der Waals surface area (Å²) < 4.78 is 13.9. The highest BCUT2D eigenvalue weighted by Crippen LogP contribution is 2.16. The Morgan fingerprint density at radius 1 is 1.30 bits per heavy atom. The fourth-order valence-electron chi connectivity index (χ4n) is 1.89. The Labute approximate surface area is 137 Å². The number of esters is 1. The van der Waals surface area contributed by atoms with Gasteiger partial charge in [-0.1, -0.05) is 29.6 Å². The van der Waals surface area contributed by atoms with Crippen molar-refractivity contribution in [2.75, 3.05) is 13.7 Å². The quantitative estimate of drug-likeness (QED) is 0.773. The Hall–Kier alpha value is -2.48. The van der Waals surface area contributed by atoms with Crippen molar-refractivity contribution < 1.29 is 19.1 Å². The van der Waals surface area contributed by atoms with Gasteiger partial charge in [0.15, 0.2) is 11.5 Å². The van der Waals surface area contributed by atoms with Crippen LogP contribution < -0.4 is 10.1 Å². The van der Waals surface area contributed by atoms with Crippen LogP contribution in [0.2, 0.25) is 0 Å². The molecule has 0 spiro atoms. The molecular weight excluding hydrogens is 318 g/mol. The first kappa shape index (κ1) is 16.9. The number of methoxy groups -OCH3 is 1. The maximum atomic E-state index is 11.9. The summed E-state index contributed by atoms with van der Waals surface area (Å²) in [4.78, 5) is 24.0. The van der Waals surface area contributed by atoms with Gasteiger partial charge >= 0.3 is 5.97 Å². The van der Waals surface area contributed by atoms with Gasteiger partial charge in [-0.25, -0.2) is 4.79 Å². The van der Waals surface area contributed by atoms with Crippen molar-refractivity contribution in [3.8, 4) is 5.75 Å².